The SMILES string of the molecule is Cc1ccccc1CN(C(=O)CN(c1cccc([N+](=O)[O-])c1)S(=O)(=O)c1ccccc1)[C@@H](C)C(=O)NC(C)(C)C. The zero-order chi connectivity index (χ0) is 29.7. The van der Waals surface area contributed by atoms with E-state index in [-0.39, 0.29) is 22.8 Å². The number of carbonyl (C=O) groups is 2. The molecule has 0 spiro atoms. The second kappa shape index (κ2) is 12.3. The first-order valence-electron chi connectivity index (χ1n) is 12.7. The third kappa shape index (κ3) is 7.44. The zero-order valence-electron chi connectivity index (χ0n) is 23.2. The number of non-ortho nitro benzene ring substituents is 1. The van der Waals surface area contributed by atoms with Crippen LogP contribution in [0.15, 0.2) is 83.8 Å². The number of nitro groups is 1. The monoisotopic (exact) mass is 566 g/mol. The molecule has 0 aliphatic carbocycles. The molecular formula is C29H34N4O6S. The van der Waals surface area contributed by atoms with E-state index in [0.717, 1.165) is 21.5 Å². The highest BCUT2D eigenvalue weighted by atomic mass is 32.2. The van der Waals surface area contributed by atoms with Crippen molar-refractivity contribution in [1.29, 1.82) is 0 Å². The molecule has 11 heteroatoms. The number of sulfonamides is 1. The first-order chi connectivity index (χ1) is 18.7. The van der Waals surface area contributed by atoms with Crippen molar-refractivity contribution >= 4 is 33.2 Å². The third-order valence-electron chi connectivity index (χ3n) is 6.21. The van der Waals surface area contributed by atoms with Crippen LogP contribution in [0.25, 0.3) is 0 Å². The van der Waals surface area contributed by atoms with Gasteiger partial charge < -0.3 is 10.2 Å². The number of nitrogens with zero attached hydrogens (tertiary/aromatic N) is 3. The van der Waals surface area contributed by atoms with Gasteiger partial charge in [0.15, 0.2) is 0 Å². The highest BCUT2D eigenvalue weighted by Gasteiger charge is 2.34. The number of hydrogen-bond donors (Lipinski definition) is 1. The molecular weight excluding hydrogens is 532 g/mol. The van der Waals surface area contributed by atoms with E-state index in [1.54, 1.807) is 25.1 Å². The molecule has 0 saturated carbocycles. The van der Waals surface area contributed by atoms with E-state index < -0.39 is 44.9 Å². The summed E-state index contributed by atoms with van der Waals surface area (Å²) in [6.07, 6.45) is 0. The van der Waals surface area contributed by atoms with Gasteiger partial charge in [-0.15, -0.1) is 0 Å². The first-order valence-corrected chi connectivity index (χ1v) is 14.1. The lowest BCUT2D eigenvalue weighted by atomic mass is 10.1. The molecule has 10 nitrogen and oxygen atoms in total. The summed E-state index contributed by atoms with van der Waals surface area (Å²) < 4.78 is 28.4. The first kappa shape index (κ1) is 30.3. The molecule has 0 aliphatic rings. The van der Waals surface area contributed by atoms with Crippen molar-refractivity contribution < 1.29 is 22.9 Å². The Hall–Kier alpha value is -4.25. The Labute approximate surface area is 234 Å². The van der Waals surface area contributed by atoms with Gasteiger partial charge in [0.2, 0.25) is 11.8 Å². The number of aryl methyl sites for hydroxylation is 1. The Kier molecular flexibility index (Phi) is 9.31. The topological polar surface area (TPSA) is 130 Å². The van der Waals surface area contributed by atoms with Crippen LogP contribution in [0.4, 0.5) is 11.4 Å². The lowest BCUT2D eigenvalue weighted by molar-refractivity contribution is -0.384. The summed E-state index contributed by atoms with van der Waals surface area (Å²) in [7, 11) is -4.32. The van der Waals surface area contributed by atoms with Crippen LogP contribution in [0.5, 0.6) is 0 Å². The van der Waals surface area contributed by atoms with E-state index in [1.807, 2.05) is 52.0 Å². The average molecular weight is 567 g/mol. The molecule has 0 unspecified atom stereocenters. The number of carbonyl (C=O) groups excluding carboxylic acids is 2. The van der Waals surface area contributed by atoms with E-state index >= 15 is 0 Å². The van der Waals surface area contributed by atoms with Crippen LogP contribution in [0.1, 0.15) is 38.8 Å². The van der Waals surface area contributed by atoms with Crippen molar-refractivity contribution in [2.75, 3.05) is 10.8 Å². The summed E-state index contributed by atoms with van der Waals surface area (Å²) in [6, 6.07) is 19.1. The molecule has 40 heavy (non-hydrogen) atoms. The number of rotatable bonds is 10. The van der Waals surface area contributed by atoms with Gasteiger partial charge in [-0.1, -0.05) is 48.5 Å². The van der Waals surface area contributed by atoms with E-state index in [4.69, 9.17) is 0 Å². The van der Waals surface area contributed by atoms with Gasteiger partial charge in [-0.2, -0.15) is 0 Å². The summed E-state index contributed by atoms with van der Waals surface area (Å²) in [5.74, 6) is -1.05. The molecule has 3 aromatic carbocycles. The number of nitro benzene ring substituents is 1. The molecule has 0 heterocycles. The largest absolute Gasteiger partial charge is 0.350 e. The molecule has 3 aromatic rings. The van der Waals surface area contributed by atoms with E-state index in [0.29, 0.717) is 0 Å². The van der Waals surface area contributed by atoms with E-state index in [1.165, 1.54) is 35.2 Å². The average Bonchev–Trinajstić information content (AvgIpc) is 2.90. The zero-order valence-corrected chi connectivity index (χ0v) is 24.0. The predicted molar refractivity (Wildman–Crippen MR) is 153 cm³/mol. The Balaban J connectivity index is 2.08. The molecule has 0 saturated heterocycles. The number of benzene rings is 3. The van der Waals surface area contributed by atoms with Gasteiger partial charge in [0.05, 0.1) is 15.5 Å². The van der Waals surface area contributed by atoms with Crippen molar-refractivity contribution in [2.45, 2.75) is 57.6 Å². The highest BCUT2D eigenvalue weighted by molar-refractivity contribution is 7.92. The van der Waals surface area contributed by atoms with Crippen LogP contribution in [-0.4, -0.2) is 48.2 Å². The van der Waals surface area contributed by atoms with Crippen molar-refractivity contribution in [3.8, 4) is 0 Å². The molecule has 0 aromatic heterocycles. The number of anilines is 1. The number of nitrogens with one attached hydrogen (secondary N) is 1. The summed E-state index contributed by atoms with van der Waals surface area (Å²) in [5, 5.41) is 14.3. The molecule has 212 valence electrons. The molecule has 0 aliphatic heterocycles. The van der Waals surface area contributed by atoms with Gasteiger partial charge in [-0.25, -0.2) is 8.42 Å². The smallest absolute Gasteiger partial charge is 0.271 e. The molecule has 0 bridgehead atoms. The van der Waals surface area contributed by atoms with Crippen LogP contribution in [0.3, 0.4) is 0 Å². The maximum atomic E-state index is 14.0. The second-order valence-corrected chi connectivity index (χ2v) is 12.3. The summed E-state index contributed by atoms with van der Waals surface area (Å²) in [4.78, 5) is 39.2. The maximum Gasteiger partial charge on any atom is 0.271 e. The number of amides is 2. The minimum atomic E-state index is -4.32. The van der Waals surface area contributed by atoms with E-state index in [2.05, 4.69) is 5.32 Å². The van der Waals surface area contributed by atoms with Crippen molar-refractivity contribution in [3.63, 3.8) is 0 Å². The van der Waals surface area contributed by atoms with Crippen LogP contribution in [0, 0.1) is 17.0 Å². The van der Waals surface area contributed by atoms with Gasteiger partial charge >= 0.3 is 0 Å². The minimum absolute atomic E-state index is 0.0472. The fourth-order valence-electron chi connectivity index (χ4n) is 4.04. The predicted octanol–water partition coefficient (Wildman–Crippen LogP) is 4.43. The fourth-order valence-corrected chi connectivity index (χ4v) is 5.46. The third-order valence-corrected chi connectivity index (χ3v) is 7.99. The van der Waals surface area contributed by atoms with Crippen molar-refractivity contribution in [3.05, 3.63) is 100 Å². The Morgan fingerprint density at radius 1 is 0.975 bits per heavy atom. The second-order valence-electron chi connectivity index (χ2n) is 10.5. The van der Waals surface area contributed by atoms with Crippen molar-refractivity contribution in [1.82, 2.24) is 10.2 Å². The lowest BCUT2D eigenvalue weighted by Crippen LogP contribution is -2.54. The minimum Gasteiger partial charge on any atom is -0.350 e. The van der Waals surface area contributed by atoms with Crippen molar-refractivity contribution in [2.24, 2.45) is 0 Å². The molecule has 2 amide bonds. The Morgan fingerprint density at radius 2 is 1.60 bits per heavy atom. The van der Waals surface area contributed by atoms with Gasteiger partial charge in [-0.05, 0) is 63.9 Å². The highest BCUT2D eigenvalue weighted by Crippen LogP contribution is 2.27. The van der Waals surface area contributed by atoms with E-state index in [9.17, 15) is 28.1 Å². The van der Waals surface area contributed by atoms with Gasteiger partial charge in [0.1, 0.15) is 12.6 Å². The normalized spacial score (nSPS) is 12.3. The molecule has 0 radical (unpaired) electrons. The van der Waals surface area contributed by atoms with Gasteiger partial charge in [0, 0.05) is 24.2 Å². The molecule has 0 fully saturated rings. The summed E-state index contributed by atoms with van der Waals surface area (Å²) >= 11 is 0. The van der Waals surface area contributed by atoms with Crippen LogP contribution in [0.2, 0.25) is 0 Å². The molecule has 1 atom stereocenters. The van der Waals surface area contributed by atoms with Gasteiger partial charge in [0.25, 0.3) is 15.7 Å². The van der Waals surface area contributed by atoms with Gasteiger partial charge in [-0.3, -0.25) is 24.0 Å². The van der Waals surface area contributed by atoms with Crippen LogP contribution >= 0.6 is 0 Å². The fraction of sp³-hybridized carbons (Fsp3) is 0.310. The van der Waals surface area contributed by atoms with Crippen LogP contribution in [-0.2, 0) is 26.2 Å². The number of hydrogen-bond acceptors (Lipinski definition) is 6. The molecule has 1 N–H and O–H groups in total. The molecule has 3 rings (SSSR count). The lowest BCUT2D eigenvalue weighted by Gasteiger charge is -2.33. The maximum absolute atomic E-state index is 14.0. The quantitative estimate of drug-likeness (QED) is 0.285. The standard InChI is InChI=1S/C29H34N4O6S/c1-21-12-9-10-13-23(21)19-31(22(2)28(35)30-29(3,4)5)27(34)20-32(24-14-11-15-25(18-24)33(36)37)40(38,39)26-16-7-6-8-17-26/h6-18,22H,19-20H2,1-5H3,(H,30,35)/t22-/m0/s1. The van der Waals surface area contributed by atoms with Crippen LogP contribution < -0.4 is 9.62 Å². The summed E-state index contributed by atoms with van der Waals surface area (Å²) in [5.41, 5.74) is 0.756. The Bertz CT molecular complexity index is 1490. The Morgan fingerprint density at radius 3 is 2.20 bits per heavy atom. The summed E-state index contributed by atoms with van der Waals surface area (Å²) in [6.45, 7) is 8.30.